The highest BCUT2D eigenvalue weighted by atomic mass is 16.5. The summed E-state index contributed by atoms with van der Waals surface area (Å²) in [5.41, 5.74) is 7.38. The van der Waals surface area contributed by atoms with Gasteiger partial charge in [0.1, 0.15) is 5.75 Å². The van der Waals surface area contributed by atoms with E-state index in [4.69, 9.17) is 4.74 Å². The van der Waals surface area contributed by atoms with Crippen LogP contribution >= 0.6 is 0 Å². The molecule has 0 aromatic heterocycles. The van der Waals surface area contributed by atoms with E-state index in [9.17, 15) is 14.4 Å². The number of ether oxygens (including phenoxy) is 1. The van der Waals surface area contributed by atoms with Crippen LogP contribution in [0.15, 0.2) is 52.6 Å². The molecule has 0 N–H and O–H groups in total. The van der Waals surface area contributed by atoms with Crippen molar-refractivity contribution in [2.24, 2.45) is 16.2 Å². The molecule has 0 saturated carbocycles. The van der Waals surface area contributed by atoms with E-state index in [1.54, 1.807) is 7.11 Å². The quantitative estimate of drug-likeness (QED) is 0.369. The first-order valence-corrected chi connectivity index (χ1v) is 14.4. The molecule has 3 aliphatic rings. The number of methoxy groups -OCH3 is 1. The van der Waals surface area contributed by atoms with Gasteiger partial charge in [0.25, 0.3) is 0 Å². The average molecular weight is 539 g/mol. The maximum absolute atomic E-state index is 14.8. The van der Waals surface area contributed by atoms with Crippen LogP contribution in [0.5, 0.6) is 5.75 Å². The van der Waals surface area contributed by atoms with Gasteiger partial charge in [0.2, 0.25) is 0 Å². The van der Waals surface area contributed by atoms with Gasteiger partial charge in [-0.3, -0.25) is 14.4 Å². The second-order valence-corrected chi connectivity index (χ2v) is 13.5. The van der Waals surface area contributed by atoms with Crippen LogP contribution in [0.25, 0.3) is 11.1 Å². The number of carbonyl (C=O) groups is 3. The smallest absolute Gasteiger partial charge is 0.190 e. The van der Waals surface area contributed by atoms with Crippen LogP contribution in [-0.2, 0) is 16.0 Å². The van der Waals surface area contributed by atoms with Crippen molar-refractivity contribution >= 4 is 17.3 Å². The molecule has 0 amide bonds. The number of benzene rings is 2. The van der Waals surface area contributed by atoms with Crippen molar-refractivity contribution in [1.82, 2.24) is 0 Å². The van der Waals surface area contributed by atoms with Gasteiger partial charge in [-0.2, -0.15) is 0 Å². The van der Waals surface area contributed by atoms with E-state index in [0.29, 0.717) is 12.0 Å². The van der Waals surface area contributed by atoms with E-state index < -0.39 is 10.8 Å². The Morgan fingerprint density at radius 3 is 2.15 bits per heavy atom. The van der Waals surface area contributed by atoms with Crippen LogP contribution in [0.4, 0.5) is 0 Å². The highest BCUT2D eigenvalue weighted by Gasteiger charge is 2.63. The lowest BCUT2D eigenvalue weighted by Gasteiger charge is -2.59. The Balaban J connectivity index is 1.78. The third-order valence-corrected chi connectivity index (χ3v) is 10.6. The molecule has 4 nitrogen and oxygen atoms in total. The Labute approximate surface area is 238 Å². The van der Waals surface area contributed by atoms with E-state index >= 15 is 0 Å². The molecular formula is C36H42O4. The molecule has 0 aliphatic heterocycles. The van der Waals surface area contributed by atoms with Crippen molar-refractivity contribution in [2.45, 2.75) is 87.5 Å². The summed E-state index contributed by atoms with van der Waals surface area (Å²) in [6.07, 6.45) is 2.16. The monoisotopic (exact) mass is 538 g/mol. The van der Waals surface area contributed by atoms with Crippen LogP contribution in [0.3, 0.4) is 0 Å². The van der Waals surface area contributed by atoms with Gasteiger partial charge in [0.15, 0.2) is 17.3 Å². The zero-order chi connectivity index (χ0) is 29.5. The second kappa shape index (κ2) is 9.12. The first-order chi connectivity index (χ1) is 18.6. The van der Waals surface area contributed by atoms with Gasteiger partial charge in [-0.15, -0.1) is 0 Å². The van der Waals surface area contributed by atoms with E-state index in [0.717, 1.165) is 63.1 Å². The molecule has 0 fully saturated rings. The van der Waals surface area contributed by atoms with Crippen molar-refractivity contribution in [1.29, 1.82) is 0 Å². The van der Waals surface area contributed by atoms with E-state index in [1.807, 2.05) is 45.0 Å². The topological polar surface area (TPSA) is 60.4 Å². The predicted molar refractivity (Wildman–Crippen MR) is 160 cm³/mol. The maximum atomic E-state index is 14.8. The fourth-order valence-corrected chi connectivity index (χ4v) is 8.59. The van der Waals surface area contributed by atoms with Gasteiger partial charge < -0.3 is 4.74 Å². The van der Waals surface area contributed by atoms with Crippen molar-refractivity contribution in [3.8, 4) is 16.9 Å². The molecule has 3 aliphatic carbocycles. The molecular weight excluding hydrogens is 496 g/mol. The third-order valence-electron chi connectivity index (χ3n) is 10.6. The molecule has 2 aromatic carbocycles. The second-order valence-electron chi connectivity index (χ2n) is 13.5. The summed E-state index contributed by atoms with van der Waals surface area (Å²) < 4.78 is 5.37. The first kappa shape index (κ1) is 28.3. The molecule has 3 atom stereocenters. The van der Waals surface area contributed by atoms with Crippen LogP contribution in [0.1, 0.15) is 101 Å². The summed E-state index contributed by atoms with van der Waals surface area (Å²) in [5, 5.41) is 0. The zero-order valence-corrected chi connectivity index (χ0v) is 25.7. The van der Waals surface area contributed by atoms with E-state index in [-0.39, 0.29) is 28.7 Å². The molecule has 0 bridgehead atoms. The van der Waals surface area contributed by atoms with Gasteiger partial charge in [-0.1, -0.05) is 57.0 Å². The summed E-state index contributed by atoms with van der Waals surface area (Å²) in [6.45, 7) is 18.2. The minimum Gasteiger partial charge on any atom is -0.497 e. The predicted octanol–water partition coefficient (Wildman–Crippen LogP) is 8.15. The van der Waals surface area contributed by atoms with Gasteiger partial charge in [-0.25, -0.2) is 0 Å². The number of hydrogen-bond acceptors (Lipinski definition) is 4. The van der Waals surface area contributed by atoms with Crippen molar-refractivity contribution in [3.63, 3.8) is 0 Å². The number of ketones is 3. The number of allylic oxidation sites excluding steroid dienone is 4. The normalized spacial score (nSPS) is 28.0. The molecule has 0 spiro atoms. The lowest BCUT2D eigenvalue weighted by atomic mass is 9.42. The zero-order valence-electron chi connectivity index (χ0n) is 25.7. The van der Waals surface area contributed by atoms with Crippen LogP contribution in [0, 0.1) is 23.2 Å². The highest BCUT2D eigenvalue weighted by molar-refractivity contribution is 6.24. The number of hydrogen-bond donors (Lipinski definition) is 0. The highest BCUT2D eigenvalue weighted by Crippen LogP contribution is 2.66. The number of Topliss-reactive ketones (excluding diaryl/α,β-unsaturated/α-hetero) is 3. The number of fused-ring (bicyclic) bond motifs is 3. The SMILES string of the molecule is COc1ccc(-c2cc(C(C)C)c3c(c2C)C(=O)C2=C(C)C4(C)C(=O)C(C(C)=O)=C(C)CC4(C)CC2(C)C3)cc1. The lowest BCUT2D eigenvalue weighted by Crippen LogP contribution is -2.57. The van der Waals surface area contributed by atoms with Gasteiger partial charge in [0, 0.05) is 16.6 Å². The number of rotatable bonds is 4. The Kier molecular flexibility index (Phi) is 6.45. The Bertz CT molecular complexity index is 1550. The van der Waals surface area contributed by atoms with Crippen LogP contribution in [-0.4, -0.2) is 24.5 Å². The minimum absolute atomic E-state index is 0.0442. The summed E-state index contributed by atoms with van der Waals surface area (Å²) in [4.78, 5) is 41.5. The number of carbonyl (C=O) groups excluding carboxylic acids is 3. The molecule has 5 rings (SSSR count). The molecule has 4 heteroatoms. The fraction of sp³-hybridized carbons (Fsp3) is 0.472. The summed E-state index contributed by atoms with van der Waals surface area (Å²) >= 11 is 0. The lowest BCUT2D eigenvalue weighted by molar-refractivity contribution is -0.134. The van der Waals surface area contributed by atoms with Crippen LogP contribution < -0.4 is 4.74 Å². The minimum atomic E-state index is -0.905. The van der Waals surface area contributed by atoms with Gasteiger partial charge in [-0.05, 0) is 105 Å². The van der Waals surface area contributed by atoms with Crippen molar-refractivity contribution in [2.75, 3.05) is 7.11 Å². The summed E-state index contributed by atoms with van der Waals surface area (Å²) in [6, 6.07) is 10.3. The summed E-state index contributed by atoms with van der Waals surface area (Å²) in [5.74, 6) is 0.782. The molecule has 2 aromatic rings. The molecule has 210 valence electrons. The Morgan fingerprint density at radius 1 is 0.975 bits per heavy atom. The molecule has 0 saturated heterocycles. The van der Waals surface area contributed by atoms with Crippen LogP contribution in [0.2, 0.25) is 0 Å². The van der Waals surface area contributed by atoms with E-state index in [1.165, 1.54) is 12.5 Å². The molecule has 0 heterocycles. The molecule has 0 radical (unpaired) electrons. The average Bonchev–Trinajstić information content (AvgIpc) is 2.85. The summed E-state index contributed by atoms with van der Waals surface area (Å²) in [7, 11) is 1.66. The first-order valence-electron chi connectivity index (χ1n) is 14.4. The van der Waals surface area contributed by atoms with Gasteiger partial charge >= 0.3 is 0 Å². The van der Waals surface area contributed by atoms with Gasteiger partial charge in [0.05, 0.1) is 18.1 Å². The fourth-order valence-electron chi connectivity index (χ4n) is 8.59. The molecule has 40 heavy (non-hydrogen) atoms. The van der Waals surface area contributed by atoms with E-state index in [2.05, 4.69) is 40.7 Å². The maximum Gasteiger partial charge on any atom is 0.190 e. The standard InChI is InChI=1S/C36H42O4/c1-19(2)26-15-27(24-11-13-25(40-10)14-12-24)21(4)30-28(26)17-34(7)18-35(8)16-20(3)29(23(6)37)33(39)36(35,9)22(5)31(34)32(30)38/h11-15,19H,16-18H2,1-10H3. The Morgan fingerprint density at radius 2 is 1.60 bits per heavy atom. The van der Waals surface area contributed by atoms with Crippen molar-refractivity contribution < 1.29 is 19.1 Å². The Hall–Kier alpha value is -3.27. The van der Waals surface area contributed by atoms with Crippen molar-refractivity contribution in [3.05, 3.63) is 74.9 Å². The third kappa shape index (κ3) is 3.67. The largest absolute Gasteiger partial charge is 0.497 e. The molecule has 3 unspecified atom stereocenters.